The van der Waals surface area contributed by atoms with Crippen LogP contribution < -0.4 is 5.73 Å². The van der Waals surface area contributed by atoms with Crippen LogP contribution in [0.1, 0.15) is 5.56 Å². The van der Waals surface area contributed by atoms with Crippen LogP contribution in [0.5, 0.6) is 0 Å². The molecule has 5 nitrogen and oxygen atoms in total. The van der Waals surface area contributed by atoms with E-state index in [1.807, 2.05) is 13.0 Å². The first-order valence-electron chi connectivity index (χ1n) is 3.76. The minimum Gasteiger partial charge on any atom is -0.461 e. The molecule has 0 saturated heterocycles. The fraction of sp³-hybridized carbons (Fsp3) is 0.125. The van der Waals surface area contributed by atoms with Gasteiger partial charge in [-0.05, 0) is 18.6 Å². The van der Waals surface area contributed by atoms with E-state index in [4.69, 9.17) is 10.2 Å². The standard InChI is InChI=1S/C8H8N4O/c1-5-2-3-13-6(5)7-10-4-11-8(9)12-7/h2-4H,1H3,(H2,9,10,11,12). The number of nitrogens with zero attached hydrogens (tertiary/aromatic N) is 3. The van der Waals surface area contributed by atoms with Crippen molar-refractivity contribution in [1.82, 2.24) is 15.0 Å². The van der Waals surface area contributed by atoms with Crippen molar-refractivity contribution in [3.63, 3.8) is 0 Å². The van der Waals surface area contributed by atoms with Gasteiger partial charge in [0.15, 0.2) is 5.76 Å². The van der Waals surface area contributed by atoms with Crippen molar-refractivity contribution in [2.24, 2.45) is 0 Å². The molecule has 0 fully saturated rings. The Kier molecular flexibility index (Phi) is 1.70. The van der Waals surface area contributed by atoms with Gasteiger partial charge in [0.05, 0.1) is 6.26 Å². The lowest BCUT2D eigenvalue weighted by Crippen LogP contribution is -1.97. The molecule has 0 bridgehead atoms. The van der Waals surface area contributed by atoms with Crippen molar-refractivity contribution in [3.05, 3.63) is 24.2 Å². The van der Waals surface area contributed by atoms with E-state index in [0.717, 1.165) is 5.56 Å². The first-order valence-corrected chi connectivity index (χ1v) is 3.76. The fourth-order valence-corrected chi connectivity index (χ4v) is 1.02. The second kappa shape index (κ2) is 2.85. The average molecular weight is 176 g/mol. The molecule has 0 saturated carbocycles. The zero-order valence-electron chi connectivity index (χ0n) is 7.06. The van der Waals surface area contributed by atoms with Gasteiger partial charge in [0.1, 0.15) is 6.33 Å². The molecule has 2 rings (SSSR count). The predicted molar refractivity (Wildman–Crippen MR) is 46.7 cm³/mol. The van der Waals surface area contributed by atoms with Gasteiger partial charge in [0, 0.05) is 0 Å². The van der Waals surface area contributed by atoms with Crippen molar-refractivity contribution in [2.45, 2.75) is 6.92 Å². The largest absolute Gasteiger partial charge is 0.461 e. The molecule has 0 spiro atoms. The highest BCUT2D eigenvalue weighted by molar-refractivity contribution is 5.52. The van der Waals surface area contributed by atoms with E-state index in [0.29, 0.717) is 11.6 Å². The molecule has 2 aromatic rings. The lowest BCUT2D eigenvalue weighted by molar-refractivity contribution is 0.575. The molecule has 13 heavy (non-hydrogen) atoms. The molecular formula is C8H8N4O. The van der Waals surface area contributed by atoms with Crippen LogP contribution in [0.25, 0.3) is 11.6 Å². The second-order valence-electron chi connectivity index (χ2n) is 2.60. The first-order chi connectivity index (χ1) is 6.27. The van der Waals surface area contributed by atoms with Gasteiger partial charge in [-0.2, -0.15) is 4.98 Å². The minimum absolute atomic E-state index is 0.195. The SMILES string of the molecule is Cc1ccoc1-c1ncnc(N)n1. The van der Waals surface area contributed by atoms with Crippen LogP contribution in [0.15, 0.2) is 23.1 Å². The summed E-state index contributed by atoms with van der Waals surface area (Å²) in [4.78, 5) is 11.6. The zero-order valence-corrected chi connectivity index (χ0v) is 7.06. The smallest absolute Gasteiger partial charge is 0.223 e. The van der Waals surface area contributed by atoms with Gasteiger partial charge in [-0.25, -0.2) is 9.97 Å². The van der Waals surface area contributed by atoms with Crippen LogP contribution in [-0.2, 0) is 0 Å². The molecule has 2 heterocycles. The van der Waals surface area contributed by atoms with Crippen molar-refractivity contribution in [3.8, 4) is 11.6 Å². The molecule has 0 aliphatic heterocycles. The third-order valence-electron chi connectivity index (χ3n) is 1.66. The second-order valence-corrected chi connectivity index (χ2v) is 2.60. The number of hydrogen-bond donors (Lipinski definition) is 1. The van der Waals surface area contributed by atoms with E-state index in [1.165, 1.54) is 6.33 Å². The van der Waals surface area contributed by atoms with Gasteiger partial charge in [-0.1, -0.05) is 0 Å². The van der Waals surface area contributed by atoms with E-state index in [-0.39, 0.29) is 5.95 Å². The molecule has 5 heteroatoms. The summed E-state index contributed by atoms with van der Waals surface area (Å²) < 4.78 is 5.20. The van der Waals surface area contributed by atoms with Crippen LogP contribution in [0.3, 0.4) is 0 Å². The summed E-state index contributed by atoms with van der Waals surface area (Å²) >= 11 is 0. The number of aromatic nitrogens is 3. The highest BCUT2D eigenvalue weighted by atomic mass is 16.3. The molecule has 0 unspecified atom stereocenters. The van der Waals surface area contributed by atoms with Crippen LogP contribution >= 0.6 is 0 Å². The van der Waals surface area contributed by atoms with Gasteiger partial charge in [0.25, 0.3) is 0 Å². The average Bonchev–Trinajstić information content (AvgIpc) is 2.51. The topological polar surface area (TPSA) is 77.8 Å². The lowest BCUT2D eigenvalue weighted by Gasteiger charge is -1.96. The van der Waals surface area contributed by atoms with Crippen LogP contribution in [0.4, 0.5) is 5.95 Å². The summed E-state index contributed by atoms with van der Waals surface area (Å²) in [5.41, 5.74) is 6.39. The van der Waals surface area contributed by atoms with Crippen molar-refractivity contribution < 1.29 is 4.42 Å². The van der Waals surface area contributed by atoms with E-state index in [2.05, 4.69) is 15.0 Å². The Morgan fingerprint density at radius 1 is 1.38 bits per heavy atom. The summed E-state index contributed by atoms with van der Waals surface area (Å²) in [5, 5.41) is 0. The fourth-order valence-electron chi connectivity index (χ4n) is 1.02. The van der Waals surface area contributed by atoms with Crippen molar-refractivity contribution in [2.75, 3.05) is 5.73 Å². The quantitative estimate of drug-likeness (QED) is 0.701. The van der Waals surface area contributed by atoms with Crippen LogP contribution in [0.2, 0.25) is 0 Å². The Balaban J connectivity index is 2.53. The molecule has 0 amide bonds. The summed E-state index contributed by atoms with van der Waals surface area (Å²) in [6, 6.07) is 1.84. The summed E-state index contributed by atoms with van der Waals surface area (Å²) in [5.74, 6) is 1.30. The van der Waals surface area contributed by atoms with E-state index in [1.54, 1.807) is 6.26 Å². The van der Waals surface area contributed by atoms with Crippen molar-refractivity contribution in [1.29, 1.82) is 0 Å². The van der Waals surface area contributed by atoms with Gasteiger partial charge in [-0.15, -0.1) is 0 Å². The Morgan fingerprint density at radius 2 is 2.23 bits per heavy atom. The maximum absolute atomic E-state index is 5.41. The van der Waals surface area contributed by atoms with E-state index >= 15 is 0 Å². The van der Waals surface area contributed by atoms with Gasteiger partial charge >= 0.3 is 0 Å². The van der Waals surface area contributed by atoms with E-state index < -0.39 is 0 Å². The molecule has 2 N–H and O–H groups in total. The predicted octanol–water partition coefficient (Wildman–Crippen LogP) is 1.02. The highest BCUT2D eigenvalue weighted by Crippen LogP contribution is 2.19. The van der Waals surface area contributed by atoms with Crippen LogP contribution in [-0.4, -0.2) is 15.0 Å². The number of hydrogen-bond acceptors (Lipinski definition) is 5. The van der Waals surface area contributed by atoms with E-state index in [9.17, 15) is 0 Å². The number of aryl methyl sites for hydroxylation is 1. The maximum Gasteiger partial charge on any atom is 0.223 e. The normalized spacial score (nSPS) is 10.2. The summed E-state index contributed by atoms with van der Waals surface area (Å²) in [6.45, 7) is 1.92. The highest BCUT2D eigenvalue weighted by Gasteiger charge is 2.08. The molecule has 0 aliphatic rings. The van der Waals surface area contributed by atoms with Crippen LogP contribution in [0, 0.1) is 6.92 Å². The molecule has 2 aromatic heterocycles. The number of nitrogen functional groups attached to an aromatic ring is 1. The third-order valence-corrected chi connectivity index (χ3v) is 1.66. The molecule has 0 aliphatic carbocycles. The Morgan fingerprint density at radius 3 is 2.85 bits per heavy atom. The number of rotatable bonds is 1. The molecule has 0 aromatic carbocycles. The number of nitrogens with two attached hydrogens (primary N) is 1. The molecule has 0 radical (unpaired) electrons. The maximum atomic E-state index is 5.41. The minimum atomic E-state index is 0.195. The monoisotopic (exact) mass is 176 g/mol. The molecule has 66 valence electrons. The Labute approximate surface area is 74.6 Å². The number of furan rings is 1. The lowest BCUT2D eigenvalue weighted by atomic mass is 10.3. The van der Waals surface area contributed by atoms with Crippen molar-refractivity contribution >= 4 is 5.95 Å². The Bertz CT molecular complexity index is 424. The van der Waals surface area contributed by atoms with Gasteiger partial charge in [0.2, 0.25) is 11.8 Å². The summed E-state index contributed by atoms with van der Waals surface area (Å²) in [7, 11) is 0. The Hall–Kier alpha value is -1.91. The molecular weight excluding hydrogens is 168 g/mol. The third kappa shape index (κ3) is 1.35. The zero-order chi connectivity index (χ0) is 9.26. The first kappa shape index (κ1) is 7.72. The van der Waals surface area contributed by atoms with Gasteiger partial charge < -0.3 is 10.2 Å². The number of anilines is 1. The van der Waals surface area contributed by atoms with Gasteiger partial charge in [-0.3, -0.25) is 0 Å². The molecule has 0 atom stereocenters. The summed E-state index contributed by atoms with van der Waals surface area (Å²) in [6.07, 6.45) is 2.95.